The molecule has 5 nitrogen and oxygen atoms in total. The highest BCUT2D eigenvalue weighted by molar-refractivity contribution is 5.95. The molecule has 0 aromatic carbocycles. The first-order valence-electron chi connectivity index (χ1n) is 14.3. The van der Waals surface area contributed by atoms with Crippen LogP contribution in [0.4, 0.5) is 0 Å². The zero-order chi connectivity index (χ0) is 26.3. The molecule has 4 aliphatic rings. The monoisotopic (exact) mass is 498 g/mol. The fraction of sp³-hybridized carbons (Fsp3) is 0.774. The quantitative estimate of drug-likeness (QED) is 0.298. The van der Waals surface area contributed by atoms with Crippen LogP contribution < -0.4 is 0 Å². The molecule has 200 valence electrons. The van der Waals surface area contributed by atoms with Crippen LogP contribution in [0.25, 0.3) is 0 Å². The molecule has 7 atom stereocenters. The minimum atomic E-state index is -0.838. The molecule has 0 aromatic heterocycles. The van der Waals surface area contributed by atoms with Crippen LogP contribution in [0.15, 0.2) is 23.3 Å². The first kappa shape index (κ1) is 27.1. The van der Waals surface area contributed by atoms with Crippen molar-refractivity contribution in [2.75, 3.05) is 13.2 Å². The van der Waals surface area contributed by atoms with E-state index in [4.69, 9.17) is 9.47 Å². The Hall–Kier alpha value is -1.91. The zero-order valence-electron chi connectivity index (χ0n) is 23.2. The Bertz CT molecular complexity index is 929. The number of ketones is 1. The minimum absolute atomic E-state index is 0.0998. The summed E-state index contributed by atoms with van der Waals surface area (Å²) >= 11 is 0. The summed E-state index contributed by atoms with van der Waals surface area (Å²) in [4.78, 5) is 37.7. The van der Waals surface area contributed by atoms with Gasteiger partial charge in [-0.1, -0.05) is 26.8 Å². The highest BCUT2D eigenvalue weighted by Gasteiger charge is 2.60. The Balaban J connectivity index is 1.57. The Morgan fingerprint density at radius 1 is 1.06 bits per heavy atom. The van der Waals surface area contributed by atoms with Crippen molar-refractivity contribution in [3.63, 3.8) is 0 Å². The smallest absolute Gasteiger partial charge is 0.320 e. The maximum atomic E-state index is 12.7. The van der Waals surface area contributed by atoms with Gasteiger partial charge in [-0.15, -0.1) is 0 Å². The zero-order valence-corrected chi connectivity index (χ0v) is 23.2. The van der Waals surface area contributed by atoms with Crippen molar-refractivity contribution in [2.24, 2.45) is 46.3 Å². The lowest BCUT2D eigenvalue weighted by atomic mass is 9.45. The van der Waals surface area contributed by atoms with Gasteiger partial charge in [0.1, 0.15) is 0 Å². The fourth-order valence-corrected chi connectivity index (χ4v) is 9.05. The molecular formula is C31H46O5. The molecule has 0 bridgehead atoms. The number of hydrogen-bond donors (Lipinski definition) is 0. The van der Waals surface area contributed by atoms with Gasteiger partial charge >= 0.3 is 11.9 Å². The SMILES string of the molecule is C/C=C1/CC2C3CCC([C@H](C)CC(C(=O)OCC)C(=O)OCC)[C@@]3(C)CCC2[C@@]2(C)CCC(=O)C=C12. The maximum absolute atomic E-state index is 12.7. The van der Waals surface area contributed by atoms with E-state index in [0.29, 0.717) is 36.5 Å². The molecule has 0 amide bonds. The molecule has 0 heterocycles. The molecule has 4 rings (SSSR count). The molecule has 0 aromatic rings. The summed E-state index contributed by atoms with van der Waals surface area (Å²) in [7, 11) is 0. The fourth-order valence-electron chi connectivity index (χ4n) is 9.05. The average molecular weight is 499 g/mol. The molecule has 3 fully saturated rings. The van der Waals surface area contributed by atoms with E-state index in [1.54, 1.807) is 13.8 Å². The van der Waals surface area contributed by atoms with Gasteiger partial charge in [0.15, 0.2) is 11.7 Å². The van der Waals surface area contributed by atoms with Crippen LogP contribution >= 0.6 is 0 Å². The van der Waals surface area contributed by atoms with Crippen molar-refractivity contribution in [3.05, 3.63) is 23.3 Å². The van der Waals surface area contributed by atoms with Crippen LogP contribution in [0.1, 0.15) is 92.9 Å². The van der Waals surface area contributed by atoms with Crippen molar-refractivity contribution < 1.29 is 23.9 Å². The van der Waals surface area contributed by atoms with Crippen LogP contribution in [-0.4, -0.2) is 30.9 Å². The third kappa shape index (κ3) is 4.49. The summed E-state index contributed by atoms with van der Waals surface area (Å²) in [5.41, 5.74) is 3.01. The molecule has 0 radical (unpaired) electrons. The molecule has 4 unspecified atom stereocenters. The summed E-state index contributed by atoms with van der Waals surface area (Å²) in [5, 5.41) is 0. The molecule has 0 saturated heterocycles. The van der Waals surface area contributed by atoms with E-state index in [-0.39, 0.29) is 35.7 Å². The van der Waals surface area contributed by atoms with Crippen molar-refractivity contribution in [1.82, 2.24) is 0 Å². The molecule has 4 aliphatic carbocycles. The Labute approximate surface area is 217 Å². The number of ether oxygens (including phenoxy) is 2. The number of esters is 2. The van der Waals surface area contributed by atoms with Crippen LogP contribution in [0.3, 0.4) is 0 Å². The predicted molar refractivity (Wildman–Crippen MR) is 140 cm³/mol. The van der Waals surface area contributed by atoms with Gasteiger partial charge in [-0.25, -0.2) is 0 Å². The van der Waals surface area contributed by atoms with Gasteiger partial charge in [0, 0.05) is 6.42 Å². The number of fused-ring (bicyclic) bond motifs is 5. The molecule has 0 spiro atoms. The van der Waals surface area contributed by atoms with Crippen molar-refractivity contribution >= 4 is 17.7 Å². The topological polar surface area (TPSA) is 69.7 Å². The summed E-state index contributed by atoms with van der Waals surface area (Å²) in [6, 6.07) is 0. The number of carbonyl (C=O) groups excluding carboxylic acids is 3. The third-order valence-electron chi connectivity index (χ3n) is 10.7. The Morgan fingerprint density at radius 3 is 2.33 bits per heavy atom. The van der Waals surface area contributed by atoms with Crippen LogP contribution in [0.2, 0.25) is 0 Å². The van der Waals surface area contributed by atoms with Gasteiger partial charge in [-0.05, 0) is 123 Å². The normalized spacial score (nSPS) is 37.6. The molecular weight excluding hydrogens is 452 g/mol. The lowest BCUT2D eigenvalue weighted by Crippen LogP contribution is -2.51. The maximum Gasteiger partial charge on any atom is 0.320 e. The second-order valence-electron chi connectivity index (χ2n) is 12.3. The van der Waals surface area contributed by atoms with Gasteiger partial charge < -0.3 is 9.47 Å². The van der Waals surface area contributed by atoms with E-state index in [1.165, 1.54) is 30.4 Å². The van der Waals surface area contributed by atoms with Gasteiger partial charge in [0.05, 0.1) is 13.2 Å². The summed E-state index contributed by atoms with van der Waals surface area (Å²) < 4.78 is 10.5. The molecule has 0 N–H and O–H groups in total. The van der Waals surface area contributed by atoms with E-state index in [2.05, 4.69) is 33.8 Å². The first-order chi connectivity index (χ1) is 17.1. The van der Waals surface area contributed by atoms with Crippen LogP contribution in [0, 0.1) is 46.3 Å². The highest BCUT2D eigenvalue weighted by atomic mass is 16.6. The third-order valence-corrected chi connectivity index (χ3v) is 10.7. The van der Waals surface area contributed by atoms with Crippen LogP contribution in [-0.2, 0) is 23.9 Å². The minimum Gasteiger partial charge on any atom is -0.465 e. The second kappa shape index (κ2) is 10.5. The van der Waals surface area contributed by atoms with Gasteiger partial charge in [-0.3, -0.25) is 14.4 Å². The van der Waals surface area contributed by atoms with Crippen molar-refractivity contribution in [1.29, 1.82) is 0 Å². The number of hydrogen-bond acceptors (Lipinski definition) is 5. The van der Waals surface area contributed by atoms with E-state index in [9.17, 15) is 14.4 Å². The van der Waals surface area contributed by atoms with E-state index >= 15 is 0 Å². The Morgan fingerprint density at radius 2 is 1.72 bits per heavy atom. The molecule has 0 aliphatic heterocycles. The summed E-state index contributed by atoms with van der Waals surface area (Å²) in [5.74, 6) is 1.15. The van der Waals surface area contributed by atoms with E-state index in [1.807, 2.05) is 6.08 Å². The lowest BCUT2D eigenvalue weighted by Gasteiger charge is -2.59. The standard InChI is InChI=1S/C31H46O5/c1-7-20-17-22-25-11-10-24(19(4)16-23(28(33)35-8-2)29(34)36-9-3)30(25,5)15-13-26(22)31(6)14-12-21(32)18-27(20)31/h7,18-19,22-26H,8-17H2,1-6H3/b20-7-/t19-,22?,24?,25?,26?,30-,31-/m1/s1. The lowest BCUT2D eigenvalue weighted by molar-refractivity contribution is -0.163. The molecule has 36 heavy (non-hydrogen) atoms. The molecule has 3 saturated carbocycles. The summed E-state index contributed by atoms with van der Waals surface area (Å²) in [6.07, 6.45) is 12.2. The average Bonchev–Trinajstić information content (AvgIpc) is 3.20. The van der Waals surface area contributed by atoms with E-state index < -0.39 is 17.9 Å². The van der Waals surface area contributed by atoms with E-state index in [0.717, 1.165) is 19.3 Å². The van der Waals surface area contributed by atoms with Crippen molar-refractivity contribution in [2.45, 2.75) is 92.9 Å². The molecule has 5 heteroatoms. The van der Waals surface area contributed by atoms with Gasteiger partial charge in [0.2, 0.25) is 0 Å². The van der Waals surface area contributed by atoms with Gasteiger partial charge in [0.25, 0.3) is 0 Å². The summed E-state index contributed by atoms with van der Waals surface area (Å²) in [6.45, 7) is 13.3. The number of carbonyl (C=O) groups is 3. The number of rotatable bonds is 7. The predicted octanol–water partition coefficient (Wildman–Crippen LogP) is 6.46. The second-order valence-corrected chi connectivity index (χ2v) is 12.3. The number of allylic oxidation sites excluding steroid dienone is 3. The van der Waals surface area contributed by atoms with Gasteiger partial charge in [-0.2, -0.15) is 0 Å². The van der Waals surface area contributed by atoms with Crippen molar-refractivity contribution in [3.8, 4) is 0 Å². The highest BCUT2D eigenvalue weighted by Crippen LogP contribution is 2.68. The largest absolute Gasteiger partial charge is 0.465 e. The first-order valence-corrected chi connectivity index (χ1v) is 14.3. The Kier molecular flexibility index (Phi) is 7.88. The van der Waals surface area contributed by atoms with Crippen LogP contribution in [0.5, 0.6) is 0 Å².